The van der Waals surface area contributed by atoms with E-state index in [0.717, 1.165) is 38.6 Å². The van der Waals surface area contributed by atoms with E-state index in [1.807, 2.05) is 6.07 Å². The fourth-order valence-corrected chi connectivity index (χ4v) is 3.05. The summed E-state index contributed by atoms with van der Waals surface area (Å²) in [5.74, 6) is 0.0305. The van der Waals surface area contributed by atoms with Gasteiger partial charge in [0.2, 0.25) is 5.91 Å². The van der Waals surface area contributed by atoms with Gasteiger partial charge < -0.3 is 11.1 Å². The number of benzene rings is 1. The van der Waals surface area contributed by atoms with Gasteiger partial charge in [0, 0.05) is 19.1 Å². The molecule has 4 nitrogen and oxygen atoms in total. The highest BCUT2D eigenvalue weighted by Crippen LogP contribution is 2.27. The molecule has 1 aromatic rings. The lowest BCUT2D eigenvalue weighted by atomic mass is 9.98. The number of nitrogens with two attached hydrogens (primary N) is 1. The second-order valence-electron chi connectivity index (χ2n) is 6.66. The van der Waals surface area contributed by atoms with Crippen molar-refractivity contribution < 1.29 is 4.79 Å². The molecule has 1 atom stereocenters. The summed E-state index contributed by atoms with van der Waals surface area (Å²) in [5.41, 5.74) is 6.86. The van der Waals surface area contributed by atoms with Crippen molar-refractivity contribution in [1.29, 1.82) is 0 Å². The van der Waals surface area contributed by atoms with Crippen molar-refractivity contribution in [1.82, 2.24) is 10.2 Å². The Hall–Kier alpha value is -0.810. The van der Waals surface area contributed by atoms with Gasteiger partial charge in [0.1, 0.15) is 0 Å². The lowest BCUT2D eigenvalue weighted by molar-refractivity contribution is -0.126. The van der Waals surface area contributed by atoms with Gasteiger partial charge in [-0.15, -0.1) is 24.8 Å². The molecule has 0 bridgehead atoms. The highest BCUT2D eigenvalue weighted by molar-refractivity contribution is 5.86. The zero-order valence-electron chi connectivity index (χ0n) is 14.7. The first-order valence-corrected chi connectivity index (χ1v) is 8.32. The van der Waals surface area contributed by atoms with Crippen LogP contribution >= 0.6 is 24.8 Å². The predicted octanol–water partition coefficient (Wildman–Crippen LogP) is 3.13. The first kappa shape index (κ1) is 23.2. The summed E-state index contributed by atoms with van der Waals surface area (Å²) in [7, 11) is 2.13. The molecule has 3 N–H and O–H groups in total. The molecule has 1 unspecified atom stereocenters. The van der Waals surface area contributed by atoms with Gasteiger partial charge in [-0.05, 0) is 38.8 Å². The van der Waals surface area contributed by atoms with Gasteiger partial charge in [0.05, 0.1) is 5.54 Å². The van der Waals surface area contributed by atoms with Crippen LogP contribution in [0.15, 0.2) is 30.3 Å². The Morgan fingerprint density at radius 2 is 1.83 bits per heavy atom. The maximum atomic E-state index is 12.2. The molecule has 2 rings (SSSR count). The van der Waals surface area contributed by atoms with Crippen LogP contribution in [0.4, 0.5) is 0 Å². The summed E-state index contributed by atoms with van der Waals surface area (Å²) in [6, 6.07) is 10.9. The van der Waals surface area contributed by atoms with Crippen LogP contribution in [-0.2, 0) is 11.3 Å². The smallest absolute Gasteiger partial charge is 0.240 e. The molecule has 0 radical (unpaired) electrons. The van der Waals surface area contributed by atoms with Gasteiger partial charge >= 0.3 is 0 Å². The number of rotatable bonds is 7. The summed E-state index contributed by atoms with van der Waals surface area (Å²) >= 11 is 0. The first-order valence-electron chi connectivity index (χ1n) is 8.32. The third kappa shape index (κ3) is 6.60. The van der Waals surface area contributed by atoms with Crippen LogP contribution in [-0.4, -0.2) is 36.0 Å². The molecule has 1 amide bonds. The Bertz CT molecular complexity index is 478. The Morgan fingerprint density at radius 1 is 1.25 bits per heavy atom. The van der Waals surface area contributed by atoms with Crippen molar-refractivity contribution >= 4 is 30.7 Å². The van der Waals surface area contributed by atoms with E-state index < -0.39 is 5.54 Å². The Balaban J connectivity index is 0.00000264. The summed E-state index contributed by atoms with van der Waals surface area (Å²) in [6.07, 6.45) is 4.72. The lowest BCUT2D eigenvalue weighted by Gasteiger charge is -2.26. The minimum absolute atomic E-state index is 0. The minimum atomic E-state index is -0.612. The summed E-state index contributed by atoms with van der Waals surface area (Å²) in [4.78, 5) is 14.5. The molecular weight excluding hydrogens is 345 g/mol. The molecule has 1 saturated carbocycles. The number of carbonyl (C=O) groups is 1. The van der Waals surface area contributed by atoms with E-state index in [-0.39, 0.29) is 30.7 Å². The van der Waals surface area contributed by atoms with Crippen molar-refractivity contribution in [3.05, 3.63) is 35.9 Å². The minimum Gasteiger partial charge on any atom is -0.354 e. The van der Waals surface area contributed by atoms with E-state index in [1.165, 1.54) is 5.56 Å². The van der Waals surface area contributed by atoms with Gasteiger partial charge in [-0.25, -0.2) is 0 Å². The van der Waals surface area contributed by atoms with Crippen LogP contribution in [0, 0.1) is 0 Å². The van der Waals surface area contributed by atoms with Crippen molar-refractivity contribution in [3.8, 4) is 0 Å². The third-order valence-corrected chi connectivity index (χ3v) is 4.82. The average Bonchev–Trinajstić information content (AvgIpc) is 2.96. The van der Waals surface area contributed by atoms with E-state index in [4.69, 9.17) is 5.73 Å². The predicted molar refractivity (Wildman–Crippen MR) is 105 cm³/mol. The molecule has 24 heavy (non-hydrogen) atoms. The lowest BCUT2D eigenvalue weighted by Crippen LogP contribution is -2.52. The maximum Gasteiger partial charge on any atom is 0.240 e. The fourth-order valence-electron chi connectivity index (χ4n) is 3.05. The fraction of sp³-hybridized carbons (Fsp3) is 0.611. The average molecular weight is 376 g/mol. The molecule has 0 heterocycles. The SMILES string of the molecule is CC(CCNC(=O)C1(N)CCCC1)N(C)Cc1ccccc1.Cl.Cl. The molecule has 138 valence electrons. The zero-order valence-corrected chi connectivity index (χ0v) is 16.3. The number of hydrogen-bond donors (Lipinski definition) is 2. The Labute approximate surface area is 158 Å². The molecule has 0 aliphatic heterocycles. The number of halogens is 2. The molecular formula is C18H31Cl2N3O. The number of amides is 1. The van der Waals surface area contributed by atoms with Gasteiger partial charge in [0.25, 0.3) is 0 Å². The van der Waals surface area contributed by atoms with Gasteiger partial charge in [-0.3, -0.25) is 9.69 Å². The number of nitrogens with zero attached hydrogens (tertiary/aromatic N) is 1. The zero-order chi connectivity index (χ0) is 16.0. The molecule has 1 aliphatic carbocycles. The van der Waals surface area contributed by atoms with E-state index in [0.29, 0.717) is 12.6 Å². The normalized spacial score (nSPS) is 16.8. The third-order valence-electron chi connectivity index (χ3n) is 4.82. The number of nitrogens with one attached hydrogen (secondary N) is 1. The standard InChI is InChI=1S/C18H29N3O.2ClH/c1-15(21(2)14-16-8-4-3-5-9-16)10-13-20-17(22)18(19)11-6-7-12-18;;/h3-5,8-9,15H,6-7,10-14,19H2,1-2H3,(H,20,22);2*1H. The second kappa shape index (κ2) is 10.9. The molecule has 0 spiro atoms. The summed E-state index contributed by atoms with van der Waals surface area (Å²) in [6.45, 7) is 3.82. The number of carbonyl (C=O) groups excluding carboxylic acids is 1. The van der Waals surface area contributed by atoms with Crippen molar-refractivity contribution in [2.45, 2.75) is 57.2 Å². The molecule has 1 aromatic carbocycles. The van der Waals surface area contributed by atoms with Crippen LogP contribution in [0.2, 0.25) is 0 Å². The second-order valence-corrected chi connectivity index (χ2v) is 6.66. The first-order chi connectivity index (χ1) is 10.5. The summed E-state index contributed by atoms with van der Waals surface area (Å²) in [5, 5.41) is 3.02. The monoisotopic (exact) mass is 375 g/mol. The highest BCUT2D eigenvalue weighted by Gasteiger charge is 2.36. The van der Waals surface area contributed by atoms with E-state index >= 15 is 0 Å². The largest absolute Gasteiger partial charge is 0.354 e. The quantitative estimate of drug-likeness (QED) is 0.769. The van der Waals surface area contributed by atoms with Crippen LogP contribution in [0.3, 0.4) is 0 Å². The molecule has 6 heteroatoms. The van der Waals surface area contributed by atoms with Gasteiger partial charge in [-0.1, -0.05) is 43.2 Å². The molecule has 1 aliphatic rings. The van der Waals surface area contributed by atoms with Crippen LogP contribution < -0.4 is 11.1 Å². The van der Waals surface area contributed by atoms with Gasteiger partial charge in [0.15, 0.2) is 0 Å². The molecule has 0 saturated heterocycles. The highest BCUT2D eigenvalue weighted by atomic mass is 35.5. The number of hydrogen-bond acceptors (Lipinski definition) is 3. The van der Waals surface area contributed by atoms with Crippen LogP contribution in [0.1, 0.15) is 44.6 Å². The van der Waals surface area contributed by atoms with Crippen LogP contribution in [0.25, 0.3) is 0 Å². The van der Waals surface area contributed by atoms with E-state index in [9.17, 15) is 4.79 Å². The van der Waals surface area contributed by atoms with Crippen molar-refractivity contribution in [2.75, 3.05) is 13.6 Å². The Morgan fingerprint density at radius 3 is 2.42 bits per heavy atom. The van der Waals surface area contributed by atoms with Crippen molar-refractivity contribution in [3.63, 3.8) is 0 Å². The Kier molecular flexibility index (Phi) is 10.6. The summed E-state index contributed by atoms with van der Waals surface area (Å²) < 4.78 is 0. The van der Waals surface area contributed by atoms with E-state index in [2.05, 4.69) is 48.5 Å². The topological polar surface area (TPSA) is 58.4 Å². The van der Waals surface area contributed by atoms with E-state index in [1.54, 1.807) is 0 Å². The molecule has 0 aromatic heterocycles. The van der Waals surface area contributed by atoms with Crippen LogP contribution in [0.5, 0.6) is 0 Å². The maximum absolute atomic E-state index is 12.2. The molecule has 1 fully saturated rings. The van der Waals surface area contributed by atoms with Gasteiger partial charge in [-0.2, -0.15) is 0 Å². The van der Waals surface area contributed by atoms with Crippen molar-refractivity contribution in [2.24, 2.45) is 5.73 Å².